The SMILES string of the molecule is C=C(C)N(CC(=O)N1CCN(CC(F)(F)F)CC1)C(=O)/C=C(\N)c1ccc(Cl)cc1NC.C=O.CO. The van der Waals surface area contributed by atoms with Crippen molar-refractivity contribution in [2.24, 2.45) is 5.73 Å². The Morgan fingerprint density at radius 2 is 1.78 bits per heavy atom. The molecule has 0 saturated carbocycles. The zero-order valence-electron chi connectivity index (χ0n) is 20.6. The van der Waals surface area contributed by atoms with E-state index in [4.69, 9.17) is 27.2 Å². The number of allylic oxidation sites excluding steroid dienone is 1. The molecular weight excluding hydrogens is 503 g/mol. The molecule has 1 aliphatic rings. The van der Waals surface area contributed by atoms with Gasteiger partial charge in [0.05, 0.1) is 6.54 Å². The molecule has 1 aromatic rings. The first-order valence-electron chi connectivity index (χ1n) is 10.6. The molecule has 0 atom stereocenters. The Kier molecular flexibility index (Phi) is 14.5. The van der Waals surface area contributed by atoms with Crippen molar-refractivity contribution in [3.63, 3.8) is 0 Å². The third kappa shape index (κ3) is 10.7. The molecule has 9 nitrogen and oxygen atoms in total. The van der Waals surface area contributed by atoms with Gasteiger partial charge in [0.2, 0.25) is 5.91 Å². The van der Waals surface area contributed by atoms with Gasteiger partial charge in [-0.3, -0.25) is 14.5 Å². The van der Waals surface area contributed by atoms with E-state index in [2.05, 4.69) is 11.9 Å². The second-order valence-corrected chi connectivity index (χ2v) is 7.91. The van der Waals surface area contributed by atoms with Gasteiger partial charge in [0.1, 0.15) is 13.3 Å². The molecule has 0 spiro atoms. The smallest absolute Gasteiger partial charge is 0.400 e. The maximum atomic E-state index is 12.8. The summed E-state index contributed by atoms with van der Waals surface area (Å²) >= 11 is 5.98. The normalized spacial score (nSPS) is 14.0. The van der Waals surface area contributed by atoms with E-state index < -0.39 is 18.6 Å². The molecule has 0 unspecified atom stereocenters. The highest BCUT2D eigenvalue weighted by molar-refractivity contribution is 6.31. The molecule has 0 bridgehead atoms. The summed E-state index contributed by atoms with van der Waals surface area (Å²) < 4.78 is 37.6. The molecule has 1 saturated heterocycles. The Bertz CT molecular complexity index is 920. The van der Waals surface area contributed by atoms with Crippen LogP contribution in [0.4, 0.5) is 18.9 Å². The molecule has 1 aromatic carbocycles. The summed E-state index contributed by atoms with van der Waals surface area (Å²) in [6.45, 7) is 6.58. The van der Waals surface area contributed by atoms with Crippen LogP contribution >= 0.6 is 11.6 Å². The number of aliphatic hydroxyl groups excluding tert-OH is 1. The molecule has 0 radical (unpaired) electrons. The molecular formula is C23H33ClF3N5O4. The number of hydrogen-bond acceptors (Lipinski definition) is 7. The van der Waals surface area contributed by atoms with Crippen molar-refractivity contribution in [3.8, 4) is 0 Å². The summed E-state index contributed by atoms with van der Waals surface area (Å²) in [5.41, 5.74) is 7.83. The highest BCUT2D eigenvalue weighted by Gasteiger charge is 2.33. The van der Waals surface area contributed by atoms with Gasteiger partial charge < -0.3 is 30.8 Å². The van der Waals surface area contributed by atoms with E-state index in [0.29, 0.717) is 22.0 Å². The lowest BCUT2D eigenvalue weighted by Gasteiger charge is -2.36. The van der Waals surface area contributed by atoms with Crippen molar-refractivity contribution in [3.05, 3.63) is 47.1 Å². The van der Waals surface area contributed by atoms with Crippen LogP contribution in [0, 0.1) is 0 Å². The zero-order valence-corrected chi connectivity index (χ0v) is 21.3. The van der Waals surface area contributed by atoms with Crippen molar-refractivity contribution < 1.29 is 32.7 Å². The molecule has 1 heterocycles. The molecule has 1 aliphatic heterocycles. The molecule has 4 N–H and O–H groups in total. The van der Waals surface area contributed by atoms with Crippen LogP contribution in [-0.2, 0) is 14.4 Å². The fourth-order valence-corrected chi connectivity index (χ4v) is 3.48. The summed E-state index contributed by atoms with van der Waals surface area (Å²) in [5.74, 6) is -0.904. The first kappa shape index (κ1) is 32.9. The zero-order chi connectivity index (χ0) is 28.1. The van der Waals surface area contributed by atoms with E-state index in [-0.39, 0.29) is 44.3 Å². The second kappa shape index (κ2) is 15.8. The number of nitrogens with one attached hydrogen (secondary N) is 1. The van der Waals surface area contributed by atoms with Crippen LogP contribution < -0.4 is 11.1 Å². The number of amides is 2. The van der Waals surface area contributed by atoms with Crippen molar-refractivity contribution in [2.75, 3.05) is 58.7 Å². The van der Waals surface area contributed by atoms with Crippen molar-refractivity contribution in [1.82, 2.24) is 14.7 Å². The van der Waals surface area contributed by atoms with E-state index in [0.717, 1.165) is 7.11 Å². The van der Waals surface area contributed by atoms with Crippen LogP contribution in [0.25, 0.3) is 5.70 Å². The number of anilines is 1. The molecule has 2 amide bonds. The van der Waals surface area contributed by atoms with E-state index in [1.165, 1.54) is 20.8 Å². The number of carbonyl (C=O) groups excluding carboxylic acids is 3. The van der Waals surface area contributed by atoms with Gasteiger partial charge in [-0.05, 0) is 25.1 Å². The molecule has 2 rings (SSSR count). The molecule has 1 fully saturated rings. The largest absolute Gasteiger partial charge is 0.401 e. The van der Waals surface area contributed by atoms with Gasteiger partial charge in [-0.25, -0.2) is 0 Å². The minimum atomic E-state index is -4.28. The van der Waals surface area contributed by atoms with E-state index in [1.807, 2.05) is 6.79 Å². The minimum Gasteiger partial charge on any atom is -0.400 e. The van der Waals surface area contributed by atoms with E-state index >= 15 is 0 Å². The van der Waals surface area contributed by atoms with Crippen LogP contribution in [0.2, 0.25) is 5.02 Å². The van der Waals surface area contributed by atoms with Gasteiger partial charge in [0.25, 0.3) is 5.91 Å². The topological polar surface area (TPSA) is 119 Å². The molecule has 0 aliphatic carbocycles. The number of piperazine rings is 1. The van der Waals surface area contributed by atoms with Crippen LogP contribution in [-0.4, -0.2) is 98.0 Å². The summed E-state index contributed by atoms with van der Waals surface area (Å²) in [4.78, 5) is 37.4. The third-order valence-corrected chi connectivity index (χ3v) is 5.22. The Labute approximate surface area is 214 Å². The monoisotopic (exact) mass is 535 g/mol. The maximum absolute atomic E-state index is 12.8. The number of alkyl halides is 3. The number of aliphatic hydroxyl groups is 1. The van der Waals surface area contributed by atoms with Crippen molar-refractivity contribution in [2.45, 2.75) is 13.1 Å². The van der Waals surface area contributed by atoms with Crippen LogP contribution in [0.5, 0.6) is 0 Å². The minimum absolute atomic E-state index is 0.114. The number of nitrogens with two attached hydrogens (primary N) is 1. The van der Waals surface area contributed by atoms with Crippen molar-refractivity contribution in [1.29, 1.82) is 0 Å². The summed E-state index contributed by atoms with van der Waals surface area (Å²) in [6.07, 6.45) is -3.08. The lowest BCUT2D eigenvalue weighted by atomic mass is 10.1. The lowest BCUT2D eigenvalue weighted by molar-refractivity contribution is -0.152. The van der Waals surface area contributed by atoms with E-state index in [1.54, 1.807) is 32.2 Å². The molecule has 36 heavy (non-hydrogen) atoms. The number of nitrogens with zero attached hydrogens (tertiary/aromatic N) is 3. The Morgan fingerprint density at radius 1 is 1.22 bits per heavy atom. The summed E-state index contributed by atoms with van der Waals surface area (Å²) in [5, 5.41) is 10.5. The average Bonchev–Trinajstić information content (AvgIpc) is 2.83. The summed E-state index contributed by atoms with van der Waals surface area (Å²) in [7, 11) is 2.69. The highest BCUT2D eigenvalue weighted by atomic mass is 35.5. The first-order chi connectivity index (χ1) is 16.9. The van der Waals surface area contributed by atoms with Gasteiger partial charge in [0, 0.05) is 74.1 Å². The molecule has 202 valence electrons. The fraction of sp³-hybridized carbons (Fsp3) is 0.435. The number of rotatable bonds is 7. The van der Waals surface area contributed by atoms with Crippen molar-refractivity contribution >= 4 is 41.6 Å². The Balaban J connectivity index is 0.00000291. The number of benzene rings is 1. The summed E-state index contributed by atoms with van der Waals surface area (Å²) in [6, 6.07) is 4.98. The number of carbonyl (C=O) groups is 3. The van der Waals surface area contributed by atoms with Crippen LogP contribution in [0.15, 0.2) is 36.6 Å². The maximum Gasteiger partial charge on any atom is 0.401 e. The van der Waals surface area contributed by atoms with Gasteiger partial charge in [0.15, 0.2) is 0 Å². The Morgan fingerprint density at radius 3 is 2.25 bits per heavy atom. The quantitative estimate of drug-likeness (QED) is 0.458. The second-order valence-electron chi connectivity index (χ2n) is 7.47. The predicted molar refractivity (Wildman–Crippen MR) is 134 cm³/mol. The number of halogens is 4. The molecule has 13 heteroatoms. The highest BCUT2D eigenvalue weighted by Crippen LogP contribution is 2.25. The average molecular weight is 536 g/mol. The standard InChI is InChI=1S/C21H27ClF3N5O2.CH4O.CH2O/c1-14(2)30(12-20(32)29-8-6-28(7-9-29)13-21(23,24)25)19(31)11-17(26)16-5-4-15(22)10-18(16)27-3;2*1-2/h4-5,10-11,27H,1,6-9,12-13,26H2,2-3H3;2H,1H3;1H2/b17-11-;;. The third-order valence-electron chi connectivity index (χ3n) is 4.99. The Hall–Kier alpha value is -3.09. The lowest BCUT2D eigenvalue weighted by Crippen LogP contribution is -2.53. The van der Waals surface area contributed by atoms with Gasteiger partial charge in [-0.15, -0.1) is 0 Å². The molecule has 0 aromatic heterocycles. The predicted octanol–water partition coefficient (Wildman–Crippen LogP) is 2.17. The van der Waals surface area contributed by atoms with Gasteiger partial charge in [-0.1, -0.05) is 18.2 Å². The van der Waals surface area contributed by atoms with Crippen LogP contribution in [0.1, 0.15) is 12.5 Å². The first-order valence-corrected chi connectivity index (χ1v) is 11.0. The number of hydrogen-bond donors (Lipinski definition) is 3. The van der Waals surface area contributed by atoms with Crippen LogP contribution in [0.3, 0.4) is 0 Å². The van der Waals surface area contributed by atoms with Gasteiger partial charge in [-0.2, -0.15) is 13.2 Å². The van der Waals surface area contributed by atoms with Gasteiger partial charge >= 0.3 is 6.18 Å². The fourth-order valence-electron chi connectivity index (χ4n) is 3.31. The van der Waals surface area contributed by atoms with E-state index in [9.17, 15) is 22.8 Å².